The Kier molecular flexibility index (Phi) is 4.94. The van der Waals surface area contributed by atoms with E-state index >= 15 is 0 Å². The van der Waals surface area contributed by atoms with Crippen molar-refractivity contribution in [3.8, 4) is 5.75 Å². The van der Waals surface area contributed by atoms with Crippen molar-refractivity contribution in [1.82, 2.24) is 0 Å². The first-order chi connectivity index (χ1) is 9.99. The average molecular weight is 325 g/mol. The lowest BCUT2D eigenvalue weighted by molar-refractivity contribution is -0.115. The van der Waals surface area contributed by atoms with Gasteiger partial charge in [-0.05, 0) is 29.8 Å². The highest BCUT2D eigenvalue weighted by Gasteiger charge is 2.08. The Labute approximate surface area is 132 Å². The fraction of sp³-hybridized carbons (Fsp3) is 0.133. The van der Waals surface area contributed by atoms with Gasteiger partial charge in [0.2, 0.25) is 5.91 Å². The molecule has 0 saturated heterocycles. The van der Waals surface area contributed by atoms with Crippen molar-refractivity contribution in [3.05, 3.63) is 52.0 Å². The van der Waals surface area contributed by atoms with E-state index in [-0.39, 0.29) is 12.3 Å². The number of halogens is 2. The Hall–Kier alpha value is -1.91. The number of hydrogen-bond donors (Lipinski definition) is 2. The predicted molar refractivity (Wildman–Crippen MR) is 86.2 cm³/mol. The molecule has 2 aromatic carbocycles. The molecule has 3 N–H and O–H groups in total. The predicted octanol–water partition coefficient (Wildman–Crippen LogP) is 3.77. The average Bonchev–Trinajstić information content (AvgIpc) is 2.45. The second-order valence-corrected chi connectivity index (χ2v) is 5.24. The molecule has 0 aliphatic heterocycles. The van der Waals surface area contributed by atoms with Gasteiger partial charge in [0, 0.05) is 11.8 Å². The molecule has 0 bridgehead atoms. The Morgan fingerprint density at radius 1 is 1.19 bits per heavy atom. The van der Waals surface area contributed by atoms with Gasteiger partial charge in [-0.1, -0.05) is 29.3 Å². The van der Waals surface area contributed by atoms with Crippen LogP contribution in [0.1, 0.15) is 5.56 Å². The van der Waals surface area contributed by atoms with Crippen molar-refractivity contribution >= 4 is 40.5 Å². The normalized spacial score (nSPS) is 10.2. The van der Waals surface area contributed by atoms with Gasteiger partial charge in [0.05, 0.1) is 29.3 Å². The summed E-state index contributed by atoms with van der Waals surface area (Å²) in [6.07, 6.45) is 0.198. The lowest BCUT2D eigenvalue weighted by atomic mass is 10.1. The molecule has 0 radical (unpaired) electrons. The molecule has 0 heterocycles. The molecule has 2 rings (SSSR count). The van der Waals surface area contributed by atoms with Crippen LogP contribution in [0.4, 0.5) is 11.4 Å². The minimum atomic E-state index is -0.166. The molecule has 0 aromatic heterocycles. The molecule has 21 heavy (non-hydrogen) atoms. The van der Waals surface area contributed by atoms with Crippen LogP contribution in [0.15, 0.2) is 36.4 Å². The fourth-order valence-corrected chi connectivity index (χ4v) is 2.15. The number of nitrogens with two attached hydrogens (primary N) is 1. The minimum Gasteiger partial charge on any atom is -0.495 e. The number of nitrogen functional groups attached to an aromatic ring is 1. The molecule has 0 saturated carbocycles. The highest BCUT2D eigenvalue weighted by Crippen LogP contribution is 2.25. The zero-order valence-electron chi connectivity index (χ0n) is 11.3. The summed E-state index contributed by atoms with van der Waals surface area (Å²) in [6.45, 7) is 0. The zero-order valence-corrected chi connectivity index (χ0v) is 12.8. The van der Waals surface area contributed by atoms with Crippen LogP contribution in [0.2, 0.25) is 10.0 Å². The summed E-state index contributed by atoms with van der Waals surface area (Å²) in [5, 5.41) is 3.66. The van der Waals surface area contributed by atoms with Crippen LogP contribution in [0.25, 0.3) is 0 Å². The van der Waals surface area contributed by atoms with Gasteiger partial charge >= 0.3 is 0 Å². The number of methoxy groups -OCH3 is 1. The summed E-state index contributed by atoms with van der Waals surface area (Å²) in [5.74, 6) is 0.350. The highest BCUT2D eigenvalue weighted by molar-refractivity contribution is 6.42. The van der Waals surface area contributed by atoms with E-state index in [1.165, 1.54) is 7.11 Å². The maximum Gasteiger partial charge on any atom is 0.228 e. The molecule has 4 nitrogen and oxygen atoms in total. The molecule has 0 atom stereocenters. The summed E-state index contributed by atoms with van der Waals surface area (Å²) in [7, 11) is 1.52. The number of anilines is 2. The van der Waals surface area contributed by atoms with E-state index in [1.807, 2.05) is 0 Å². The van der Waals surface area contributed by atoms with Gasteiger partial charge in [-0.3, -0.25) is 4.79 Å². The van der Waals surface area contributed by atoms with E-state index < -0.39 is 0 Å². The molecule has 1 amide bonds. The lowest BCUT2D eigenvalue weighted by Gasteiger charge is -2.09. The maximum absolute atomic E-state index is 12.0. The van der Waals surface area contributed by atoms with E-state index in [0.717, 1.165) is 5.56 Å². The molecule has 6 heteroatoms. The molecule has 0 aliphatic rings. The molecule has 110 valence electrons. The van der Waals surface area contributed by atoms with Gasteiger partial charge < -0.3 is 15.8 Å². The largest absolute Gasteiger partial charge is 0.495 e. The summed E-state index contributed by atoms with van der Waals surface area (Å²) in [6, 6.07) is 10.2. The first-order valence-electron chi connectivity index (χ1n) is 6.17. The second kappa shape index (κ2) is 6.70. The summed E-state index contributed by atoms with van der Waals surface area (Å²) in [5.41, 5.74) is 7.63. The summed E-state index contributed by atoms with van der Waals surface area (Å²) in [4.78, 5) is 12.0. The number of ether oxygens (including phenoxy) is 1. The topological polar surface area (TPSA) is 64.3 Å². The number of benzene rings is 2. The van der Waals surface area contributed by atoms with E-state index in [0.29, 0.717) is 27.2 Å². The quantitative estimate of drug-likeness (QED) is 0.841. The van der Waals surface area contributed by atoms with Crippen LogP contribution in [-0.4, -0.2) is 13.0 Å². The number of amides is 1. The standard InChI is InChI=1S/C15H14Cl2N2O2/c1-21-14-8-10(3-5-13(14)18)19-15(20)7-9-2-4-11(16)12(17)6-9/h2-6,8H,7,18H2,1H3,(H,19,20). The Morgan fingerprint density at radius 2 is 1.95 bits per heavy atom. The highest BCUT2D eigenvalue weighted by atomic mass is 35.5. The number of rotatable bonds is 4. The van der Waals surface area contributed by atoms with Gasteiger partial charge in [-0.2, -0.15) is 0 Å². The third-order valence-corrected chi connectivity index (χ3v) is 3.60. The zero-order chi connectivity index (χ0) is 15.4. The van der Waals surface area contributed by atoms with Crippen LogP contribution in [0, 0.1) is 0 Å². The molecule has 0 spiro atoms. The number of nitrogens with one attached hydrogen (secondary N) is 1. The van der Waals surface area contributed by atoms with Crippen molar-refractivity contribution < 1.29 is 9.53 Å². The molecular formula is C15H14Cl2N2O2. The van der Waals surface area contributed by atoms with Crippen molar-refractivity contribution in [2.24, 2.45) is 0 Å². The molecule has 2 aromatic rings. The molecule has 0 aliphatic carbocycles. The maximum atomic E-state index is 12.0. The van der Waals surface area contributed by atoms with E-state index in [2.05, 4.69) is 5.32 Å². The SMILES string of the molecule is COc1cc(NC(=O)Cc2ccc(Cl)c(Cl)c2)ccc1N. The van der Waals surface area contributed by atoms with Crippen molar-refractivity contribution in [2.45, 2.75) is 6.42 Å². The first kappa shape index (κ1) is 15.5. The second-order valence-electron chi connectivity index (χ2n) is 4.43. The van der Waals surface area contributed by atoms with E-state index in [9.17, 15) is 4.79 Å². The van der Waals surface area contributed by atoms with Crippen molar-refractivity contribution in [2.75, 3.05) is 18.2 Å². The van der Waals surface area contributed by atoms with Crippen molar-refractivity contribution in [3.63, 3.8) is 0 Å². The van der Waals surface area contributed by atoms with Gasteiger partial charge in [0.1, 0.15) is 5.75 Å². The molecular weight excluding hydrogens is 311 g/mol. The van der Waals surface area contributed by atoms with Crippen LogP contribution in [0.5, 0.6) is 5.75 Å². The minimum absolute atomic E-state index is 0.166. The Balaban J connectivity index is 2.06. The molecule has 0 unspecified atom stereocenters. The first-order valence-corrected chi connectivity index (χ1v) is 6.92. The number of hydrogen-bond acceptors (Lipinski definition) is 3. The number of carbonyl (C=O) groups is 1. The Morgan fingerprint density at radius 3 is 2.62 bits per heavy atom. The monoisotopic (exact) mass is 324 g/mol. The van der Waals surface area contributed by atoms with Crippen LogP contribution in [0.3, 0.4) is 0 Å². The fourth-order valence-electron chi connectivity index (χ4n) is 1.83. The van der Waals surface area contributed by atoms with E-state index in [1.54, 1.807) is 36.4 Å². The van der Waals surface area contributed by atoms with Crippen molar-refractivity contribution in [1.29, 1.82) is 0 Å². The molecule has 0 fully saturated rings. The third-order valence-electron chi connectivity index (χ3n) is 2.87. The van der Waals surface area contributed by atoms with Gasteiger partial charge in [0.15, 0.2) is 0 Å². The van der Waals surface area contributed by atoms with Crippen LogP contribution >= 0.6 is 23.2 Å². The van der Waals surface area contributed by atoms with E-state index in [4.69, 9.17) is 33.7 Å². The lowest BCUT2D eigenvalue weighted by Crippen LogP contribution is -2.14. The Bertz CT molecular complexity index is 675. The summed E-state index contributed by atoms with van der Waals surface area (Å²) < 4.78 is 5.11. The van der Waals surface area contributed by atoms with Crippen LogP contribution < -0.4 is 15.8 Å². The van der Waals surface area contributed by atoms with Gasteiger partial charge in [0.25, 0.3) is 0 Å². The number of carbonyl (C=O) groups excluding carboxylic acids is 1. The third kappa shape index (κ3) is 4.03. The summed E-state index contributed by atoms with van der Waals surface area (Å²) >= 11 is 11.8. The smallest absolute Gasteiger partial charge is 0.228 e. The van der Waals surface area contributed by atoms with Crippen LogP contribution in [-0.2, 0) is 11.2 Å². The van der Waals surface area contributed by atoms with Gasteiger partial charge in [-0.25, -0.2) is 0 Å². The van der Waals surface area contributed by atoms with Gasteiger partial charge in [-0.15, -0.1) is 0 Å².